The minimum absolute atomic E-state index is 0.123. The summed E-state index contributed by atoms with van der Waals surface area (Å²) in [6, 6.07) is 9.00. The maximum absolute atomic E-state index is 13.7. The van der Waals surface area contributed by atoms with Crippen LogP contribution in [0.3, 0.4) is 0 Å². The number of amides is 1. The summed E-state index contributed by atoms with van der Waals surface area (Å²) in [6.45, 7) is 0.274. The average Bonchev–Trinajstić information content (AvgIpc) is 3.60. The molecule has 0 unspecified atom stereocenters. The second-order valence-corrected chi connectivity index (χ2v) is 9.90. The van der Waals surface area contributed by atoms with Gasteiger partial charge in [0, 0.05) is 39.2 Å². The molecule has 37 heavy (non-hydrogen) atoms. The third-order valence-electron chi connectivity index (χ3n) is 5.86. The van der Waals surface area contributed by atoms with Crippen molar-refractivity contribution >= 4 is 44.7 Å². The molecule has 1 amide bonds. The molecule has 0 fully saturated rings. The number of H-pyrrole nitrogens is 2. The SMILES string of the molecule is CN(C)CC(=O)Nc1cncc(-c2cc3c(-c4cc5c(-c6ccc(F)s6)cncc5[nH]4)n[nH]c3cn2)c1. The van der Waals surface area contributed by atoms with Crippen LogP contribution < -0.4 is 5.32 Å². The molecule has 6 rings (SSSR count). The fourth-order valence-corrected chi connectivity index (χ4v) is 5.00. The van der Waals surface area contributed by atoms with Crippen LogP contribution in [0.5, 0.6) is 0 Å². The molecule has 6 heterocycles. The number of hydrogen-bond donors (Lipinski definition) is 3. The van der Waals surface area contributed by atoms with Crippen molar-refractivity contribution in [2.24, 2.45) is 0 Å². The third kappa shape index (κ3) is 4.46. The summed E-state index contributed by atoms with van der Waals surface area (Å²) in [5, 5.41) is 12.0. The highest BCUT2D eigenvalue weighted by Gasteiger charge is 2.16. The quantitative estimate of drug-likeness (QED) is 0.291. The largest absolute Gasteiger partial charge is 0.352 e. The number of carbonyl (C=O) groups excluding carboxylic acids is 1. The predicted octanol–water partition coefficient (Wildman–Crippen LogP) is 4.93. The number of fused-ring (bicyclic) bond motifs is 2. The van der Waals surface area contributed by atoms with Gasteiger partial charge in [-0.1, -0.05) is 0 Å². The Morgan fingerprint density at radius 3 is 2.70 bits per heavy atom. The number of aromatic amines is 2. The van der Waals surface area contributed by atoms with Gasteiger partial charge in [-0.15, -0.1) is 11.3 Å². The molecule has 0 saturated heterocycles. The molecule has 6 aromatic rings. The van der Waals surface area contributed by atoms with Gasteiger partial charge < -0.3 is 15.2 Å². The summed E-state index contributed by atoms with van der Waals surface area (Å²) < 4.78 is 13.7. The number of likely N-dealkylation sites (N-methyl/N-ethyl adjacent to an activating group) is 1. The van der Waals surface area contributed by atoms with Crippen molar-refractivity contribution < 1.29 is 9.18 Å². The molecule has 11 heteroatoms. The van der Waals surface area contributed by atoms with E-state index in [2.05, 4.69) is 35.5 Å². The van der Waals surface area contributed by atoms with E-state index in [1.165, 1.54) is 6.07 Å². The van der Waals surface area contributed by atoms with E-state index in [1.54, 1.807) is 42.0 Å². The lowest BCUT2D eigenvalue weighted by molar-refractivity contribution is -0.116. The Morgan fingerprint density at radius 2 is 1.89 bits per heavy atom. The first-order chi connectivity index (χ1) is 17.9. The predicted molar refractivity (Wildman–Crippen MR) is 143 cm³/mol. The van der Waals surface area contributed by atoms with Gasteiger partial charge >= 0.3 is 0 Å². The van der Waals surface area contributed by atoms with Crippen LogP contribution in [0.4, 0.5) is 10.1 Å². The number of carbonyl (C=O) groups is 1. The van der Waals surface area contributed by atoms with Crippen molar-refractivity contribution in [3.63, 3.8) is 0 Å². The number of nitrogens with zero attached hydrogens (tertiary/aromatic N) is 5. The molecule has 0 radical (unpaired) electrons. The Balaban J connectivity index is 1.38. The van der Waals surface area contributed by atoms with Gasteiger partial charge in [-0.25, -0.2) is 0 Å². The van der Waals surface area contributed by atoms with E-state index in [0.717, 1.165) is 60.5 Å². The minimum Gasteiger partial charge on any atom is -0.352 e. The number of pyridine rings is 3. The van der Waals surface area contributed by atoms with Crippen molar-refractivity contribution in [2.45, 2.75) is 0 Å². The first-order valence-electron chi connectivity index (χ1n) is 11.4. The van der Waals surface area contributed by atoms with Crippen LogP contribution in [0.15, 0.2) is 61.3 Å². The zero-order valence-corrected chi connectivity index (χ0v) is 20.7. The monoisotopic (exact) mass is 512 g/mol. The fraction of sp³-hybridized carbons (Fsp3) is 0.115. The topological polar surface area (TPSA) is 115 Å². The lowest BCUT2D eigenvalue weighted by atomic mass is 10.1. The van der Waals surface area contributed by atoms with E-state index in [1.807, 2.05) is 32.3 Å². The second kappa shape index (κ2) is 9.19. The molecule has 0 saturated carbocycles. The fourth-order valence-electron chi connectivity index (χ4n) is 4.25. The first-order valence-corrected chi connectivity index (χ1v) is 12.2. The molecule has 0 bridgehead atoms. The summed E-state index contributed by atoms with van der Waals surface area (Å²) in [7, 11) is 3.67. The standard InChI is InChI=1S/C26H21FN8OS/c1-35(2)13-25(36)31-15-5-14(8-28-9-15)19-7-17-22(12-30-19)33-34-26(17)20-6-16-18(10-29-11-21(16)32-20)23-3-4-24(27)37-23/h3-12,32H,13H2,1-2H3,(H,31,36)(H,33,34). The smallest absolute Gasteiger partial charge is 0.238 e. The van der Waals surface area contributed by atoms with E-state index in [-0.39, 0.29) is 17.6 Å². The number of hydrogen-bond acceptors (Lipinski definition) is 7. The molecule has 184 valence electrons. The third-order valence-corrected chi connectivity index (χ3v) is 6.77. The Labute approximate surface area is 214 Å². The van der Waals surface area contributed by atoms with Crippen LogP contribution in [0.25, 0.3) is 54.9 Å². The highest BCUT2D eigenvalue weighted by Crippen LogP contribution is 2.36. The van der Waals surface area contributed by atoms with Gasteiger partial charge in [-0.2, -0.15) is 9.49 Å². The van der Waals surface area contributed by atoms with Crippen molar-refractivity contribution in [3.05, 3.63) is 66.4 Å². The minimum atomic E-state index is -0.239. The van der Waals surface area contributed by atoms with Crippen LogP contribution >= 0.6 is 11.3 Å². The summed E-state index contributed by atoms with van der Waals surface area (Å²) in [6.07, 6.45) is 8.52. The molecular weight excluding hydrogens is 491 g/mol. The van der Waals surface area contributed by atoms with E-state index in [0.29, 0.717) is 11.4 Å². The molecule has 0 aliphatic heterocycles. The van der Waals surface area contributed by atoms with Crippen molar-refractivity contribution in [2.75, 3.05) is 26.0 Å². The zero-order chi connectivity index (χ0) is 25.5. The molecular formula is C26H21FN8OS. The van der Waals surface area contributed by atoms with Gasteiger partial charge in [-0.05, 0) is 44.4 Å². The Kier molecular flexibility index (Phi) is 5.70. The lowest BCUT2D eigenvalue weighted by Gasteiger charge is -2.10. The maximum Gasteiger partial charge on any atom is 0.238 e. The molecule has 0 aliphatic rings. The summed E-state index contributed by atoms with van der Waals surface area (Å²) in [5.41, 5.74) is 6.04. The molecule has 0 aliphatic carbocycles. The van der Waals surface area contributed by atoms with Crippen LogP contribution in [0.2, 0.25) is 0 Å². The average molecular weight is 513 g/mol. The Bertz CT molecular complexity index is 1770. The summed E-state index contributed by atoms with van der Waals surface area (Å²) >= 11 is 1.09. The molecule has 0 spiro atoms. The summed E-state index contributed by atoms with van der Waals surface area (Å²) in [4.78, 5) is 31.3. The molecule has 9 nitrogen and oxygen atoms in total. The van der Waals surface area contributed by atoms with Gasteiger partial charge in [0.05, 0.1) is 53.2 Å². The van der Waals surface area contributed by atoms with Gasteiger partial charge in [0.1, 0.15) is 5.69 Å². The second-order valence-electron chi connectivity index (χ2n) is 8.87. The van der Waals surface area contributed by atoms with Gasteiger partial charge in [0.2, 0.25) is 5.91 Å². The number of rotatable bonds is 6. The van der Waals surface area contributed by atoms with Crippen molar-refractivity contribution in [1.29, 1.82) is 0 Å². The van der Waals surface area contributed by atoms with E-state index in [9.17, 15) is 9.18 Å². The van der Waals surface area contributed by atoms with Crippen molar-refractivity contribution in [1.82, 2.24) is 35.0 Å². The molecule has 6 aromatic heterocycles. The van der Waals surface area contributed by atoms with Gasteiger partial charge in [0.25, 0.3) is 0 Å². The Morgan fingerprint density at radius 1 is 1.03 bits per heavy atom. The highest BCUT2D eigenvalue weighted by molar-refractivity contribution is 7.14. The Hall–Kier alpha value is -4.48. The van der Waals surface area contributed by atoms with Crippen LogP contribution in [0.1, 0.15) is 0 Å². The number of thiophene rings is 1. The van der Waals surface area contributed by atoms with Crippen LogP contribution in [0, 0.1) is 5.13 Å². The molecule has 3 N–H and O–H groups in total. The van der Waals surface area contributed by atoms with Crippen molar-refractivity contribution in [3.8, 4) is 33.1 Å². The molecule has 0 atom stereocenters. The number of anilines is 1. The van der Waals surface area contributed by atoms with Gasteiger partial charge in [-0.3, -0.25) is 24.8 Å². The molecule has 0 aromatic carbocycles. The van der Waals surface area contributed by atoms with Crippen LogP contribution in [-0.4, -0.2) is 61.6 Å². The van der Waals surface area contributed by atoms with E-state index < -0.39 is 0 Å². The highest BCUT2D eigenvalue weighted by atomic mass is 32.1. The maximum atomic E-state index is 13.7. The first kappa shape index (κ1) is 23.0. The van der Waals surface area contributed by atoms with Gasteiger partial charge in [0.15, 0.2) is 5.13 Å². The summed E-state index contributed by atoms with van der Waals surface area (Å²) in [5.74, 6) is -0.123. The number of halogens is 1. The van der Waals surface area contributed by atoms with E-state index in [4.69, 9.17) is 0 Å². The lowest BCUT2D eigenvalue weighted by Crippen LogP contribution is -2.27. The zero-order valence-electron chi connectivity index (χ0n) is 19.9. The van der Waals surface area contributed by atoms with Crippen LogP contribution in [-0.2, 0) is 4.79 Å². The normalized spacial score (nSPS) is 11.6. The number of aromatic nitrogens is 6. The number of nitrogens with one attached hydrogen (secondary N) is 3. The van der Waals surface area contributed by atoms with E-state index >= 15 is 0 Å².